The predicted octanol–water partition coefficient (Wildman–Crippen LogP) is 4.59. The van der Waals surface area contributed by atoms with Crippen molar-refractivity contribution in [2.24, 2.45) is 5.10 Å². The van der Waals surface area contributed by atoms with Gasteiger partial charge >= 0.3 is 0 Å². The second-order valence-corrected chi connectivity index (χ2v) is 10.0. The highest BCUT2D eigenvalue weighted by Crippen LogP contribution is 2.25. The van der Waals surface area contributed by atoms with Crippen molar-refractivity contribution in [2.45, 2.75) is 23.6 Å². The number of aryl methyl sites for hydroxylation is 1. The molecule has 0 heterocycles. The molecule has 0 unspecified atom stereocenters. The fraction of sp³-hybridized carbons (Fsp3) is 0.167. The summed E-state index contributed by atoms with van der Waals surface area (Å²) >= 11 is 1.51. The third-order valence-corrected chi connectivity index (χ3v) is 7.40. The summed E-state index contributed by atoms with van der Waals surface area (Å²) in [6, 6.07) is 19.0. The normalized spacial score (nSPS) is 11.8. The van der Waals surface area contributed by atoms with Crippen molar-refractivity contribution in [1.82, 2.24) is 5.43 Å². The van der Waals surface area contributed by atoms with Crippen LogP contribution in [0.4, 0.5) is 10.1 Å². The lowest BCUT2D eigenvalue weighted by Gasteiger charge is -2.24. The van der Waals surface area contributed by atoms with Gasteiger partial charge in [0.05, 0.1) is 16.3 Å². The Balaban J connectivity index is 1.86. The minimum Gasteiger partial charge on any atom is -0.271 e. The second kappa shape index (κ2) is 10.6. The third kappa shape index (κ3) is 6.21. The summed E-state index contributed by atoms with van der Waals surface area (Å²) in [6.07, 6.45) is 1.90. The van der Waals surface area contributed by atoms with E-state index < -0.39 is 22.5 Å². The second-order valence-electron chi connectivity index (χ2n) is 7.26. The summed E-state index contributed by atoms with van der Waals surface area (Å²) in [5.41, 5.74) is 4.81. The van der Waals surface area contributed by atoms with Gasteiger partial charge in [0.1, 0.15) is 12.4 Å². The van der Waals surface area contributed by atoms with E-state index >= 15 is 0 Å². The summed E-state index contributed by atoms with van der Waals surface area (Å²) in [5, 5.41) is 4.03. The average Bonchev–Trinajstić information content (AvgIpc) is 2.82. The molecule has 3 aromatic carbocycles. The van der Waals surface area contributed by atoms with E-state index in [0.717, 1.165) is 14.8 Å². The number of carbonyl (C=O) groups is 1. The van der Waals surface area contributed by atoms with E-state index in [1.807, 2.05) is 13.2 Å². The van der Waals surface area contributed by atoms with Gasteiger partial charge in [0, 0.05) is 4.90 Å². The minimum atomic E-state index is -4.01. The molecular weight excluding hydrogens is 461 g/mol. The number of carbonyl (C=O) groups excluding carboxylic acids is 1. The first-order valence-corrected chi connectivity index (χ1v) is 12.7. The highest BCUT2D eigenvalue weighted by molar-refractivity contribution is 7.98. The summed E-state index contributed by atoms with van der Waals surface area (Å²) in [5.74, 6) is -0.985. The van der Waals surface area contributed by atoms with Crippen LogP contribution >= 0.6 is 11.8 Å². The molecule has 0 bridgehead atoms. The molecule has 0 aliphatic rings. The van der Waals surface area contributed by atoms with E-state index in [-0.39, 0.29) is 10.7 Å². The van der Waals surface area contributed by atoms with Crippen LogP contribution in [0.5, 0.6) is 0 Å². The maximum atomic E-state index is 13.4. The van der Waals surface area contributed by atoms with Gasteiger partial charge in [-0.1, -0.05) is 29.8 Å². The highest BCUT2D eigenvalue weighted by atomic mass is 32.2. The van der Waals surface area contributed by atoms with E-state index in [1.165, 1.54) is 36.0 Å². The molecule has 33 heavy (non-hydrogen) atoms. The van der Waals surface area contributed by atoms with E-state index in [1.54, 1.807) is 55.5 Å². The van der Waals surface area contributed by atoms with Crippen molar-refractivity contribution in [2.75, 3.05) is 17.1 Å². The largest absolute Gasteiger partial charge is 0.271 e. The molecular formula is C24H24FN3O3S2. The van der Waals surface area contributed by atoms with Gasteiger partial charge < -0.3 is 0 Å². The third-order valence-electron chi connectivity index (χ3n) is 4.87. The molecule has 3 aromatic rings. The van der Waals surface area contributed by atoms with E-state index in [4.69, 9.17) is 0 Å². The number of hydrazone groups is 1. The monoisotopic (exact) mass is 485 g/mol. The minimum absolute atomic E-state index is 0.0830. The van der Waals surface area contributed by atoms with E-state index in [2.05, 4.69) is 10.5 Å². The molecule has 9 heteroatoms. The standard InChI is InChI=1S/C24H24FN3O3S2/c1-17-4-10-21(11-5-17)28(33(30,31)23-14-12-22(32-3)13-15-23)16-24(29)27-26-18(2)19-6-8-20(25)9-7-19/h4-15H,16H2,1-3H3,(H,27,29)/b26-18-. The Labute approximate surface area is 197 Å². The van der Waals surface area contributed by atoms with Crippen LogP contribution in [0.1, 0.15) is 18.1 Å². The van der Waals surface area contributed by atoms with E-state index in [9.17, 15) is 17.6 Å². The molecule has 0 radical (unpaired) electrons. The van der Waals surface area contributed by atoms with Gasteiger partial charge in [-0.25, -0.2) is 18.2 Å². The smallest absolute Gasteiger partial charge is 0.264 e. The molecule has 1 N–H and O–H groups in total. The molecule has 0 atom stereocenters. The molecule has 0 saturated carbocycles. The van der Waals surface area contributed by atoms with Crippen molar-refractivity contribution in [3.63, 3.8) is 0 Å². The number of sulfonamides is 1. The van der Waals surface area contributed by atoms with Crippen LogP contribution in [0.25, 0.3) is 0 Å². The zero-order valence-electron chi connectivity index (χ0n) is 18.4. The van der Waals surface area contributed by atoms with Crippen LogP contribution in [0, 0.1) is 12.7 Å². The number of benzene rings is 3. The van der Waals surface area contributed by atoms with Crippen LogP contribution < -0.4 is 9.73 Å². The van der Waals surface area contributed by atoms with Gasteiger partial charge in [0.25, 0.3) is 15.9 Å². The Kier molecular flexibility index (Phi) is 7.88. The first kappa shape index (κ1) is 24.5. The number of thioether (sulfide) groups is 1. The lowest BCUT2D eigenvalue weighted by Crippen LogP contribution is -2.39. The van der Waals surface area contributed by atoms with Crippen molar-refractivity contribution in [3.05, 3.63) is 89.7 Å². The summed E-state index contributed by atoms with van der Waals surface area (Å²) in [6.45, 7) is 3.09. The summed E-state index contributed by atoms with van der Waals surface area (Å²) in [7, 11) is -4.01. The molecule has 3 rings (SSSR count). The number of halogens is 1. The van der Waals surface area contributed by atoms with Gasteiger partial charge in [-0.05, 0) is 74.2 Å². The van der Waals surface area contributed by atoms with Crippen LogP contribution in [-0.2, 0) is 14.8 Å². The molecule has 0 aliphatic heterocycles. The molecule has 0 spiro atoms. The zero-order chi connectivity index (χ0) is 24.0. The maximum absolute atomic E-state index is 13.4. The Morgan fingerprint density at radius 1 is 1.00 bits per heavy atom. The molecule has 6 nitrogen and oxygen atoms in total. The van der Waals surface area contributed by atoms with Crippen LogP contribution in [-0.4, -0.2) is 32.8 Å². The summed E-state index contributed by atoms with van der Waals surface area (Å²) < 4.78 is 41.0. The average molecular weight is 486 g/mol. The van der Waals surface area contributed by atoms with Crippen molar-refractivity contribution < 1.29 is 17.6 Å². The van der Waals surface area contributed by atoms with Crippen molar-refractivity contribution in [3.8, 4) is 0 Å². The Bertz CT molecular complexity index is 1240. The quantitative estimate of drug-likeness (QED) is 0.288. The molecule has 0 saturated heterocycles. The van der Waals surface area contributed by atoms with Crippen molar-refractivity contribution in [1.29, 1.82) is 0 Å². The fourth-order valence-electron chi connectivity index (χ4n) is 2.97. The SMILES string of the molecule is CSc1ccc(S(=O)(=O)N(CC(=O)N/N=C(/C)c2ccc(F)cc2)c2ccc(C)cc2)cc1. The molecule has 0 aliphatic carbocycles. The van der Waals surface area contributed by atoms with Gasteiger partial charge in [-0.3, -0.25) is 9.10 Å². The maximum Gasteiger partial charge on any atom is 0.264 e. The number of anilines is 1. The number of hydrogen-bond donors (Lipinski definition) is 1. The van der Waals surface area contributed by atoms with Gasteiger partial charge in [0.15, 0.2) is 0 Å². The number of amides is 1. The number of rotatable bonds is 8. The van der Waals surface area contributed by atoms with Gasteiger partial charge in [-0.2, -0.15) is 5.10 Å². The summed E-state index contributed by atoms with van der Waals surface area (Å²) in [4.78, 5) is 13.7. The zero-order valence-corrected chi connectivity index (χ0v) is 20.1. The highest BCUT2D eigenvalue weighted by Gasteiger charge is 2.27. The van der Waals surface area contributed by atoms with Crippen LogP contribution in [0.2, 0.25) is 0 Å². The Morgan fingerprint density at radius 3 is 2.18 bits per heavy atom. The van der Waals surface area contributed by atoms with E-state index in [0.29, 0.717) is 17.0 Å². The van der Waals surface area contributed by atoms with Gasteiger partial charge in [0.2, 0.25) is 0 Å². The van der Waals surface area contributed by atoms with Crippen LogP contribution in [0.15, 0.2) is 87.7 Å². The number of hydrogen-bond acceptors (Lipinski definition) is 5. The molecule has 0 aromatic heterocycles. The lowest BCUT2D eigenvalue weighted by molar-refractivity contribution is -0.119. The fourth-order valence-corrected chi connectivity index (χ4v) is 4.80. The van der Waals surface area contributed by atoms with Gasteiger partial charge in [-0.15, -0.1) is 11.8 Å². The molecule has 1 amide bonds. The predicted molar refractivity (Wildman–Crippen MR) is 131 cm³/mol. The Morgan fingerprint density at radius 2 is 1.61 bits per heavy atom. The van der Waals surface area contributed by atoms with Crippen LogP contribution in [0.3, 0.4) is 0 Å². The number of nitrogens with one attached hydrogen (secondary N) is 1. The molecule has 172 valence electrons. The Hall–Kier alpha value is -3.17. The van der Waals surface area contributed by atoms with Crippen molar-refractivity contribution >= 4 is 39.1 Å². The first-order valence-electron chi connectivity index (χ1n) is 10.0. The lowest BCUT2D eigenvalue weighted by atomic mass is 10.1. The first-order chi connectivity index (χ1) is 15.7. The number of nitrogens with zero attached hydrogens (tertiary/aromatic N) is 2. The topological polar surface area (TPSA) is 78.8 Å². The molecule has 0 fully saturated rings.